The van der Waals surface area contributed by atoms with Crippen LogP contribution in [-0.2, 0) is 0 Å². The molecule has 1 rings (SSSR count). The molecule has 2 nitrogen and oxygen atoms in total. The van der Waals surface area contributed by atoms with Gasteiger partial charge in [-0.1, -0.05) is 6.07 Å². The van der Waals surface area contributed by atoms with Crippen molar-refractivity contribution in [1.29, 1.82) is 0 Å². The van der Waals surface area contributed by atoms with Gasteiger partial charge in [0.2, 0.25) is 0 Å². The zero-order valence-corrected chi connectivity index (χ0v) is 4.66. The summed E-state index contributed by atoms with van der Waals surface area (Å²) < 4.78 is 0. The lowest BCUT2D eigenvalue weighted by Crippen LogP contribution is -1.77. The molecule has 45 valence electrons. The van der Waals surface area contributed by atoms with Crippen molar-refractivity contribution in [1.82, 2.24) is 0 Å². The summed E-state index contributed by atoms with van der Waals surface area (Å²) in [6.07, 6.45) is 0.600. The second kappa shape index (κ2) is 2.31. The summed E-state index contributed by atoms with van der Waals surface area (Å²) in [5, 5.41) is 8.85. The first-order valence-electron chi connectivity index (χ1n) is 2.49. The molecule has 0 aromatic heterocycles. The minimum Gasteiger partial charge on any atom is -0.507 e. The zero-order chi connectivity index (χ0) is 6.69. The maximum atomic E-state index is 10.1. The monoisotopic (exact) mass is 121 g/mol. The van der Waals surface area contributed by atoms with Gasteiger partial charge in [0.05, 0.1) is 5.56 Å². The first-order valence-corrected chi connectivity index (χ1v) is 2.49. The lowest BCUT2D eigenvalue weighted by molar-refractivity contribution is 0.112. The van der Waals surface area contributed by atoms with E-state index < -0.39 is 0 Å². The zero-order valence-electron chi connectivity index (χ0n) is 4.66. The Labute approximate surface area is 52.8 Å². The topological polar surface area (TPSA) is 37.3 Å². The van der Waals surface area contributed by atoms with E-state index in [2.05, 4.69) is 6.07 Å². The number of hydrogen-bond donors (Lipinski definition) is 1. The average Bonchev–Trinajstić information content (AvgIpc) is 1.89. The molecule has 0 spiro atoms. The summed E-state index contributed by atoms with van der Waals surface area (Å²) in [5.41, 5.74) is 0.300. The first-order chi connectivity index (χ1) is 4.34. The Morgan fingerprint density at radius 3 is 2.89 bits per heavy atom. The van der Waals surface area contributed by atoms with Crippen molar-refractivity contribution < 1.29 is 9.90 Å². The van der Waals surface area contributed by atoms with E-state index in [9.17, 15) is 4.79 Å². The van der Waals surface area contributed by atoms with Crippen LogP contribution in [0.3, 0.4) is 0 Å². The standard InChI is InChI=1S/C7H5O2/c8-5-6-3-1-2-4-7(6)9/h1,3-5,9H. The molecule has 0 unspecified atom stereocenters. The number of aldehydes is 1. The van der Waals surface area contributed by atoms with Crippen LogP contribution < -0.4 is 0 Å². The van der Waals surface area contributed by atoms with E-state index in [0.29, 0.717) is 11.8 Å². The average molecular weight is 121 g/mol. The number of carbonyl (C=O) groups excluding carboxylic acids is 1. The molecule has 0 heterocycles. The molecule has 0 aliphatic carbocycles. The van der Waals surface area contributed by atoms with Gasteiger partial charge >= 0.3 is 0 Å². The Morgan fingerprint density at radius 1 is 1.67 bits per heavy atom. The largest absolute Gasteiger partial charge is 0.507 e. The van der Waals surface area contributed by atoms with Gasteiger partial charge in [0.25, 0.3) is 0 Å². The number of aromatic hydroxyl groups is 1. The Morgan fingerprint density at radius 2 is 2.44 bits per heavy atom. The van der Waals surface area contributed by atoms with E-state index in [4.69, 9.17) is 5.11 Å². The first kappa shape index (κ1) is 5.82. The Balaban J connectivity index is 3.15. The second-order valence-corrected chi connectivity index (χ2v) is 1.60. The summed E-state index contributed by atoms with van der Waals surface area (Å²) in [6, 6.07) is 7.05. The van der Waals surface area contributed by atoms with E-state index in [1.165, 1.54) is 12.1 Å². The van der Waals surface area contributed by atoms with Crippen molar-refractivity contribution in [2.45, 2.75) is 0 Å². The molecular weight excluding hydrogens is 116 g/mol. The van der Waals surface area contributed by atoms with E-state index in [0.717, 1.165) is 0 Å². The number of hydrogen-bond acceptors (Lipinski definition) is 2. The third kappa shape index (κ3) is 1.08. The van der Waals surface area contributed by atoms with Crippen LogP contribution in [0.4, 0.5) is 0 Å². The van der Waals surface area contributed by atoms with Gasteiger partial charge in [-0.15, -0.1) is 0 Å². The number of phenolic OH excluding ortho intramolecular Hbond substituents is 1. The minimum atomic E-state index is -0.0208. The van der Waals surface area contributed by atoms with E-state index in [1.807, 2.05) is 0 Å². The van der Waals surface area contributed by atoms with Crippen LogP contribution in [0.2, 0.25) is 0 Å². The van der Waals surface area contributed by atoms with Gasteiger partial charge < -0.3 is 5.11 Å². The number of rotatable bonds is 1. The Hall–Kier alpha value is -1.31. The van der Waals surface area contributed by atoms with Gasteiger partial charge in [0.1, 0.15) is 5.75 Å². The quantitative estimate of drug-likeness (QED) is 0.563. The molecule has 0 saturated carbocycles. The van der Waals surface area contributed by atoms with Crippen LogP contribution in [0.1, 0.15) is 10.4 Å². The van der Waals surface area contributed by atoms with E-state index in [1.54, 1.807) is 6.07 Å². The van der Waals surface area contributed by atoms with Crippen molar-refractivity contribution >= 4 is 6.29 Å². The number of phenols is 1. The maximum Gasteiger partial charge on any atom is 0.153 e. The molecule has 1 radical (unpaired) electrons. The molecule has 0 amide bonds. The molecule has 0 saturated heterocycles. The molecule has 2 heteroatoms. The fourth-order valence-corrected chi connectivity index (χ4v) is 0.533. The molecule has 1 aromatic rings. The summed E-state index contributed by atoms with van der Waals surface area (Å²) in [5.74, 6) is -0.0208. The summed E-state index contributed by atoms with van der Waals surface area (Å²) >= 11 is 0. The van der Waals surface area contributed by atoms with Crippen LogP contribution in [-0.4, -0.2) is 11.4 Å². The van der Waals surface area contributed by atoms with Gasteiger partial charge in [-0.2, -0.15) is 0 Å². The van der Waals surface area contributed by atoms with Crippen molar-refractivity contribution in [3.8, 4) is 5.75 Å². The van der Waals surface area contributed by atoms with Gasteiger partial charge in [-0.05, 0) is 18.2 Å². The highest BCUT2D eigenvalue weighted by Crippen LogP contribution is 2.11. The molecule has 9 heavy (non-hydrogen) atoms. The molecule has 0 fully saturated rings. The van der Waals surface area contributed by atoms with Crippen LogP contribution >= 0.6 is 0 Å². The molecular formula is C7H5O2. The lowest BCUT2D eigenvalue weighted by Gasteiger charge is -1.90. The highest BCUT2D eigenvalue weighted by Gasteiger charge is 1.93. The molecule has 0 aliphatic rings. The van der Waals surface area contributed by atoms with Gasteiger partial charge in [-0.3, -0.25) is 4.79 Å². The summed E-state index contributed by atoms with van der Waals surface area (Å²) in [6.45, 7) is 0. The van der Waals surface area contributed by atoms with Crippen LogP contribution in [0, 0.1) is 6.07 Å². The smallest absolute Gasteiger partial charge is 0.153 e. The van der Waals surface area contributed by atoms with Gasteiger partial charge in [0.15, 0.2) is 6.29 Å². The Kier molecular flexibility index (Phi) is 1.49. The molecule has 1 N–H and O–H groups in total. The van der Waals surface area contributed by atoms with E-state index in [-0.39, 0.29) is 5.75 Å². The Bertz CT molecular complexity index is 218. The predicted molar refractivity (Wildman–Crippen MR) is 32.3 cm³/mol. The predicted octanol–water partition coefficient (Wildman–Crippen LogP) is 1.00. The van der Waals surface area contributed by atoms with Crippen LogP contribution in [0.5, 0.6) is 5.75 Å². The summed E-state index contributed by atoms with van der Waals surface area (Å²) in [4.78, 5) is 10.1. The van der Waals surface area contributed by atoms with Crippen molar-refractivity contribution in [2.24, 2.45) is 0 Å². The normalized spacial score (nSPS) is 8.89. The number of benzene rings is 1. The fourth-order valence-electron chi connectivity index (χ4n) is 0.533. The minimum absolute atomic E-state index is 0.0208. The van der Waals surface area contributed by atoms with Crippen LogP contribution in [0.15, 0.2) is 18.2 Å². The highest BCUT2D eigenvalue weighted by molar-refractivity contribution is 5.78. The highest BCUT2D eigenvalue weighted by atomic mass is 16.3. The van der Waals surface area contributed by atoms with Crippen molar-refractivity contribution in [3.63, 3.8) is 0 Å². The number of carbonyl (C=O) groups is 1. The van der Waals surface area contributed by atoms with Gasteiger partial charge in [0, 0.05) is 0 Å². The molecule has 0 aliphatic heterocycles. The second-order valence-electron chi connectivity index (χ2n) is 1.60. The molecule has 0 atom stereocenters. The molecule has 1 aromatic carbocycles. The van der Waals surface area contributed by atoms with E-state index >= 15 is 0 Å². The van der Waals surface area contributed by atoms with Gasteiger partial charge in [-0.25, -0.2) is 0 Å². The van der Waals surface area contributed by atoms with Crippen molar-refractivity contribution in [3.05, 3.63) is 29.8 Å². The van der Waals surface area contributed by atoms with Crippen molar-refractivity contribution in [2.75, 3.05) is 0 Å². The SMILES string of the molecule is O=Cc1cc[c]cc1O. The maximum absolute atomic E-state index is 10.1. The third-order valence-corrected chi connectivity index (χ3v) is 1.00. The summed E-state index contributed by atoms with van der Waals surface area (Å²) in [7, 11) is 0. The fraction of sp³-hybridized carbons (Fsp3) is 0. The third-order valence-electron chi connectivity index (χ3n) is 1.00. The van der Waals surface area contributed by atoms with Crippen LogP contribution in [0.25, 0.3) is 0 Å². The lowest BCUT2D eigenvalue weighted by atomic mass is 10.2. The molecule has 0 bridgehead atoms.